The Labute approximate surface area is 128 Å². The zero-order valence-electron chi connectivity index (χ0n) is 11.6. The Morgan fingerprint density at radius 1 is 1.00 bits per heavy atom. The molecular formula is C16H15ClN4. The average Bonchev–Trinajstić information content (AvgIpc) is 2.88. The van der Waals surface area contributed by atoms with E-state index < -0.39 is 0 Å². The van der Waals surface area contributed by atoms with E-state index in [0.29, 0.717) is 6.54 Å². The topological polar surface area (TPSA) is 42.7 Å². The lowest BCUT2D eigenvalue weighted by Crippen LogP contribution is -2.08. The Bertz CT molecular complexity index is 720. The summed E-state index contributed by atoms with van der Waals surface area (Å²) in [6, 6.07) is 17.7. The normalized spacial score (nSPS) is 10.6. The fraction of sp³-hybridized carbons (Fsp3) is 0.125. The van der Waals surface area contributed by atoms with E-state index in [-0.39, 0.29) is 0 Å². The van der Waals surface area contributed by atoms with Crippen LogP contribution in [0.2, 0.25) is 5.02 Å². The molecule has 0 bridgehead atoms. The van der Waals surface area contributed by atoms with Crippen LogP contribution in [0.15, 0.2) is 54.6 Å². The highest BCUT2D eigenvalue weighted by Crippen LogP contribution is 2.16. The van der Waals surface area contributed by atoms with Crippen molar-refractivity contribution in [1.82, 2.24) is 14.8 Å². The van der Waals surface area contributed by atoms with Crippen molar-refractivity contribution in [3.05, 3.63) is 71.3 Å². The Morgan fingerprint density at radius 2 is 1.71 bits per heavy atom. The van der Waals surface area contributed by atoms with Crippen molar-refractivity contribution in [2.75, 3.05) is 5.32 Å². The van der Waals surface area contributed by atoms with Crippen LogP contribution in [0.4, 0.5) is 5.69 Å². The van der Waals surface area contributed by atoms with Crippen molar-refractivity contribution in [3.8, 4) is 5.69 Å². The van der Waals surface area contributed by atoms with Gasteiger partial charge < -0.3 is 5.32 Å². The molecule has 1 N–H and O–H groups in total. The van der Waals surface area contributed by atoms with Crippen LogP contribution in [0, 0.1) is 6.92 Å². The van der Waals surface area contributed by atoms with Crippen LogP contribution in [0.25, 0.3) is 5.69 Å². The van der Waals surface area contributed by atoms with Crippen molar-refractivity contribution in [3.63, 3.8) is 0 Å². The summed E-state index contributed by atoms with van der Waals surface area (Å²) in [6.45, 7) is 2.54. The molecule has 0 aliphatic heterocycles. The van der Waals surface area contributed by atoms with Gasteiger partial charge in [0.05, 0.1) is 6.54 Å². The maximum atomic E-state index is 5.88. The Balaban J connectivity index is 1.82. The summed E-state index contributed by atoms with van der Waals surface area (Å²) in [7, 11) is 0. The number of rotatable bonds is 4. The molecule has 3 rings (SSSR count). The van der Waals surface area contributed by atoms with Gasteiger partial charge in [-0.25, -0.2) is 0 Å². The lowest BCUT2D eigenvalue weighted by Gasteiger charge is -2.10. The first kappa shape index (κ1) is 13.6. The van der Waals surface area contributed by atoms with Crippen molar-refractivity contribution in [1.29, 1.82) is 0 Å². The summed E-state index contributed by atoms with van der Waals surface area (Å²) in [5.41, 5.74) is 2.06. The van der Waals surface area contributed by atoms with E-state index in [2.05, 4.69) is 15.5 Å². The number of para-hydroxylation sites is 1. The molecule has 0 amide bonds. The fourth-order valence-corrected chi connectivity index (χ4v) is 2.31. The first-order chi connectivity index (χ1) is 10.2. The van der Waals surface area contributed by atoms with E-state index in [0.717, 1.165) is 28.0 Å². The maximum absolute atomic E-state index is 5.88. The predicted octanol–water partition coefficient (Wildman–Crippen LogP) is 3.84. The Morgan fingerprint density at radius 3 is 2.43 bits per heavy atom. The van der Waals surface area contributed by atoms with Gasteiger partial charge in [-0.1, -0.05) is 29.8 Å². The number of halogens is 1. The molecule has 1 aromatic heterocycles. The molecule has 0 saturated heterocycles. The number of hydrogen-bond acceptors (Lipinski definition) is 3. The molecule has 0 radical (unpaired) electrons. The number of benzene rings is 2. The lowest BCUT2D eigenvalue weighted by atomic mass is 10.3. The zero-order chi connectivity index (χ0) is 14.7. The van der Waals surface area contributed by atoms with Crippen LogP contribution in [0.1, 0.15) is 11.6 Å². The Hall–Kier alpha value is -2.33. The molecule has 1 heterocycles. The number of anilines is 1. The molecule has 0 aliphatic carbocycles. The van der Waals surface area contributed by atoms with Gasteiger partial charge in [0, 0.05) is 16.4 Å². The molecule has 0 fully saturated rings. The van der Waals surface area contributed by atoms with Gasteiger partial charge in [0.15, 0.2) is 5.82 Å². The summed E-state index contributed by atoms with van der Waals surface area (Å²) in [4.78, 5) is 0. The third-order valence-electron chi connectivity index (χ3n) is 3.20. The maximum Gasteiger partial charge on any atom is 0.156 e. The molecule has 0 aliphatic rings. The van der Waals surface area contributed by atoms with Crippen LogP contribution < -0.4 is 5.32 Å². The number of hydrogen-bond donors (Lipinski definition) is 1. The summed E-state index contributed by atoms with van der Waals surface area (Å²) in [5, 5.41) is 12.5. The molecule has 0 spiro atoms. The lowest BCUT2D eigenvalue weighted by molar-refractivity contribution is 0.878. The van der Waals surface area contributed by atoms with Gasteiger partial charge in [-0.2, -0.15) is 0 Å². The molecule has 3 aromatic rings. The van der Waals surface area contributed by atoms with Crippen LogP contribution in [-0.2, 0) is 6.54 Å². The molecular weight excluding hydrogens is 284 g/mol. The third kappa shape index (κ3) is 3.06. The second kappa shape index (κ2) is 5.97. The van der Waals surface area contributed by atoms with E-state index in [1.807, 2.05) is 66.1 Å². The minimum absolute atomic E-state index is 0.595. The van der Waals surface area contributed by atoms with Gasteiger partial charge >= 0.3 is 0 Å². The number of nitrogens with one attached hydrogen (secondary N) is 1. The first-order valence-corrected chi connectivity index (χ1v) is 7.07. The third-order valence-corrected chi connectivity index (χ3v) is 3.45. The largest absolute Gasteiger partial charge is 0.378 e. The number of aryl methyl sites for hydroxylation is 1. The van der Waals surface area contributed by atoms with E-state index in [4.69, 9.17) is 11.6 Å². The van der Waals surface area contributed by atoms with Gasteiger partial charge in [-0.15, -0.1) is 10.2 Å². The van der Waals surface area contributed by atoms with E-state index in [1.54, 1.807) is 0 Å². The van der Waals surface area contributed by atoms with E-state index in [9.17, 15) is 0 Å². The highest BCUT2D eigenvalue weighted by atomic mass is 35.5. The van der Waals surface area contributed by atoms with Crippen LogP contribution in [0.3, 0.4) is 0 Å². The molecule has 0 atom stereocenters. The number of nitrogens with zero attached hydrogens (tertiary/aromatic N) is 3. The van der Waals surface area contributed by atoms with Crippen LogP contribution >= 0.6 is 11.6 Å². The molecule has 4 nitrogen and oxygen atoms in total. The van der Waals surface area contributed by atoms with Crippen molar-refractivity contribution in [2.45, 2.75) is 13.5 Å². The molecule has 2 aromatic carbocycles. The minimum Gasteiger partial charge on any atom is -0.378 e. The monoisotopic (exact) mass is 298 g/mol. The average molecular weight is 299 g/mol. The number of aromatic nitrogens is 3. The van der Waals surface area contributed by atoms with Crippen LogP contribution in [0.5, 0.6) is 0 Å². The minimum atomic E-state index is 0.595. The first-order valence-electron chi connectivity index (χ1n) is 6.70. The highest BCUT2D eigenvalue weighted by molar-refractivity contribution is 6.30. The van der Waals surface area contributed by atoms with Crippen LogP contribution in [-0.4, -0.2) is 14.8 Å². The van der Waals surface area contributed by atoms with Gasteiger partial charge in [0.2, 0.25) is 0 Å². The van der Waals surface area contributed by atoms with Gasteiger partial charge in [-0.3, -0.25) is 4.57 Å². The summed E-state index contributed by atoms with van der Waals surface area (Å²) in [6.07, 6.45) is 0. The SMILES string of the molecule is Cc1nnc(CNc2ccc(Cl)cc2)n1-c1ccccc1. The van der Waals surface area contributed by atoms with E-state index in [1.165, 1.54) is 0 Å². The highest BCUT2D eigenvalue weighted by Gasteiger charge is 2.10. The standard InChI is InChI=1S/C16H15ClN4/c1-12-19-20-16(21(12)15-5-3-2-4-6-15)11-18-14-9-7-13(17)8-10-14/h2-10,18H,11H2,1H3. The predicted molar refractivity (Wildman–Crippen MR) is 84.9 cm³/mol. The fourth-order valence-electron chi connectivity index (χ4n) is 2.18. The smallest absolute Gasteiger partial charge is 0.156 e. The van der Waals surface area contributed by atoms with Gasteiger partial charge in [-0.05, 0) is 43.3 Å². The quantitative estimate of drug-likeness (QED) is 0.796. The molecule has 0 saturated carbocycles. The van der Waals surface area contributed by atoms with Crippen molar-refractivity contribution >= 4 is 17.3 Å². The van der Waals surface area contributed by atoms with E-state index >= 15 is 0 Å². The zero-order valence-corrected chi connectivity index (χ0v) is 12.4. The molecule has 5 heteroatoms. The summed E-state index contributed by atoms with van der Waals surface area (Å²) < 4.78 is 2.04. The second-order valence-electron chi connectivity index (χ2n) is 4.69. The molecule has 21 heavy (non-hydrogen) atoms. The molecule has 106 valence electrons. The van der Waals surface area contributed by atoms with Crippen molar-refractivity contribution in [2.24, 2.45) is 0 Å². The Kier molecular flexibility index (Phi) is 3.88. The second-order valence-corrected chi connectivity index (χ2v) is 5.13. The van der Waals surface area contributed by atoms with Crippen molar-refractivity contribution < 1.29 is 0 Å². The summed E-state index contributed by atoms with van der Waals surface area (Å²) >= 11 is 5.88. The summed E-state index contributed by atoms with van der Waals surface area (Å²) in [5.74, 6) is 1.74. The molecule has 0 unspecified atom stereocenters. The van der Waals surface area contributed by atoms with Gasteiger partial charge in [0.1, 0.15) is 5.82 Å². The van der Waals surface area contributed by atoms with Gasteiger partial charge in [0.25, 0.3) is 0 Å².